The van der Waals surface area contributed by atoms with Crippen molar-refractivity contribution in [3.05, 3.63) is 23.6 Å². The van der Waals surface area contributed by atoms with Crippen molar-refractivity contribution >= 4 is 0 Å². The number of ether oxygens (including phenoxy) is 2. The van der Waals surface area contributed by atoms with Crippen molar-refractivity contribution in [2.45, 2.75) is 18.7 Å². The van der Waals surface area contributed by atoms with Gasteiger partial charge in [0, 0.05) is 18.9 Å². The van der Waals surface area contributed by atoms with Gasteiger partial charge in [0.25, 0.3) is 0 Å². The summed E-state index contributed by atoms with van der Waals surface area (Å²) in [7, 11) is 1.67. The Labute approximate surface area is 77.4 Å². The quantitative estimate of drug-likeness (QED) is 0.603. The van der Waals surface area contributed by atoms with E-state index in [1.165, 1.54) is 0 Å². The number of hydrogen-bond acceptors (Lipinski definition) is 4. The van der Waals surface area contributed by atoms with Gasteiger partial charge in [-0.2, -0.15) is 0 Å². The fraction of sp³-hybridized carbons (Fsp3) is 0.556. The summed E-state index contributed by atoms with van der Waals surface area (Å²) in [6.45, 7) is 0.548. The van der Waals surface area contributed by atoms with Gasteiger partial charge in [-0.1, -0.05) is 6.08 Å². The van der Waals surface area contributed by atoms with Gasteiger partial charge in [0.15, 0.2) is 0 Å². The molecule has 0 bridgehead atoms. The van der Waals surface area contributed by atoms with Crippen LogP contribution in [0.15, 0.2) is 23.6 Å². The average Bonchev–Trinajstić information content (AvgIpc) is 2.17. The van der Waals surface area contributed by atoms with Crippen LogP contribution in [0.5, 0.6) is 0 Å². The number of fused-ring (bicyclic) bond motifs is 1. The Hall–Kier alpha value is -1.00. The highest BCUT2D eigenvalue weighted by Gasteiger charge is 2.27. The van der Waals surface area contributed by atoms with Gasteiger partial charge in [-0.15, -0.1) is 0 Å². The Kier molecular flexibility index (Phi) is 2.24. The van der Waals surface area contributed by atoms with Crippen LogP contribution in [0, 0.1) is 0 Å². The molecule has 13 heavy (non-hydrogen) atoms. The van der Waals surface area contributed by atoms with Gasteiger partial charge >= 0.3 is 0 Å². The van der Waals surface area contributed by atoms with E-state index in [1.54, 1.807) is 7.11 Å². The molecule has 2 rings (SSSR count). The van der Waals surface area contributed by atoms with Gasteiger partial charge in [-0.3, -0.25) is 5.32 Å². The Morgan fingerprint density at radius 1 is 1.69 bits per heavy atom. The minimum Gasteiger partial charge on any atom is -0.492 e. The molecule has 2 aliphatic rings. The van der Waals surface area contributed by atoms with Crippen LogP contribution in [-0.4, -0.2) is 26.0 Å². The number of methoxy groups -OCH3 is 1. The minimum absolute atomic E-state index is 0.00475. The zero-order valence-electron chi connectivity index (χ0n) is 7.62. The first-order valence-corrected chi connectivity index (χ1v) is 4.38. The molecule has 2 atom stereocenters. The molecule has 0 radical (unpaired) electrons. The normalized spacial score (nSPS) is 32.7. The van der Waals surface area contributed by atoms with Crippen LogP contribution >= 0.6 is 0 Å². The molecule has 0 spiro atoms. The fourth-order valence-corrected chi connectivity index (χ4v) is 1.57. The van der Waals surface area contributed by atoms with Gasteiger partial charge in [0.1, 0.15) is 18.6 Å². The number of allylic oxidation sites excluding steroid dienone is 1. The van der Waals surface area contributed by atoms with Crippen molar-refractivity contribution in [3.63, 3.8) is 0 Å². The van der Waals surface area contributed by atoms with E-state index in [0.29, 0.717) is 6.61 Å². The molecule has 1 aliphatic heterocycles. The molecule has 2 unspecified atom stereocenters. The second kappa shape index (κ2) is 3.40. The molecule has 0 aromatic carbocycles. The van der Waals surface area contributed by atoms with Crippen molar-refractivity contribution in [3.8, 4) is 0 Å². The number of hydrogen-bond donors (Lipinski definition) is 2. The third-order valence-corrected chi connectivity index (χ3v) is 2.31. The van der Waals surface area contributed by atoms with Crippen LogP contribution in [0.25, 0.3) is 0 Å². The molecule has 0 amide bonds. The van der Waals surface area contributed by atoms with Crippen molar-refractivity contribution in [1.82, 2.24) is 5.32 Å². The van der Waals surface area contributed by atoms with Crippen LogP contribution in [-0.2, 0) is 9.47 Å². The van der Waals surface area contributed by atoms with Crippen LogP contribution in [0.2, 0.25) is 0 Å². The summed E-state index contributed by atoms with van der Waals surface area (Å²) >= 11 is 0. The first-order chi connectivity index (χ1) is 6.29. The third-order valence-electron chi connectivity index (χ3n) is 2.31. The SMILES string of the molecule is COC1COC2=CC(N)=CCC2N1. The van der Waals surface area contributed by atoms with Crippen LogP contribution in [0.4, 0.5) is 0 Å². The van der Waals surface area contributed by atoms with E-state index >= 15 is 0 Å². The molecular formula is C9H14N2O2. The Morgan fingerprint density at radius 2 is 2.54 bits per heavy atom. The molecule has 0 aromatic rings. The highest BCUT2D eigenvalue weighted by Crippen LogP contribution is 2.21. The lowest BCUT2D eigenvalue weighted by Gasteiger charge is -2.33. The number of nitrogens with one attached hydrogen (secondary N) is 1. The lowest BCUT2D eigenvalue weighted by molar-refractivity contribution is -0.0290. The summed E-state index contributed by atoms with van der Waals surface area (Å²) in [5.41, 5.74) is 6.44. The molecule has 0 aromatic heterocycles. The third kappa shape index (κ3) is 1.68. The summed E-state index contributed by atoms with van der Waals surface area (Å²) < 4.78 is 10.7. The highest BCUT2D eigenvalue weighted by molar-refractivity contribution is 5.27. The van der Waals surface area contributed by atoms with Crippen molar-refractivity contribution in [2.75, 3.05) is 13.7 Å². The van der Waals surface area contributed by atoms with E-state index in [4.69, 9.17) is 15.2 Å². The smallest absolute Gasteiger partial charge is 0.142 e. The van der Waals surface area contributed by atoms with Crippen LogP contribution in [0.3, 0.4) is 0 Å². The van der Waals surface area contributed by atoms with Crippen LogP contribution < -0.4 is 11.1 Å². The summed E-state index contributed by atoms with van der Waals surface area (Å²) in [4.78, 5) is 0. The maximum absolute atomic E-state index is 5.65. The second-order valence-electron chi connectivity index (χ2n) is 3.24. The molecule has 4 nitrogen and oxygen atoms in total. The van der Waals surface area contributed by atoms with Gasteiger partial charge in [-0.05, 0) is 6.42 Å². The predicted octanol–water partition coefficient (Wildman–Crippen LogP) is 0.0775. The molecule has 1 fully saturated rings. The van der Waals surface area contributed by atoms with Gasteiger partial charge in [0.05, 0.1) is 6.04 Å². The van der Waals surface area contributed by atoms with Gasteiger partial charge < -0.3 is 15.2 Å². The molecule has 3 N–H and O–H groups in total. The van der Waals surface area contributed by atoms with E-state index in [1.807, 2.05) is 12.2 Å². The summed E-state index contributed by atoms with van der Waals surface area (Å²) in [6.07, 6.45) is 4.72. The average molecular weight is 182 g/mol. The number of rotatable bonds is 1. The lowest BCUT2D eigenvalue weighted by atomic mass is 10.0. The zero-order valence-corrected chi connectivity index (χ0v) is 7.62. The Balaban J connectivity index is 2.06. The molecule has 4 heteroatoms. The summed E-state index contributed by atoms with van der Waals surface area (Å²) in [5.74, 6) is 0.924. The Bertz CT molecular complexity index is 260. The van der Waals surface area contributed by atoms with Crippen molar-refractivity contribution in [2.24, 2.45) is 5.73 Å². The summed E-state index contributed by atoms with van der Waals surface area (Å²) in [5, 5.41) is 3.31. The number of morpholine rings is 1. The zero-order chi connectivity index (χ0) is 9.26. The first kappa shape index (κ1) is 8.59. The standard InChI is InChI=1S/C9H14N2O2/c1-12-9-5-13-8-4-6(10)2-3-7(8)11-9/h2,4,7,9,11H,3,5,10H2,1H3. The second-order valence-corrected chi connectivity index (χ2v) is 3.24. The molecule has 1 heterocycles. The van der Waals surface area contributed by atoms with E-state index in [2.05, 4.69) is 5.32 Å². The summed E-state index contributed by atoms with van der Waals surface area (Å²) in [6, 6.07) is 0.228. The molecule has 0 saturated carbocycles. The predicted molar refractivity (Wildman–Crippen MR) is 48.6 cm³/mol. The van der Waals surface area contributed by atoms with Crippen molar-refractivity contribution < 1.29 is 9.47 Å². The van der Waals surface area contributed by atoms with E-state index in [9.17, 15) is 0 Å². The molecule has 1 aliphatic carbocycles. The fourth-order valence-electron chi connectivity index (χ4n) is 1.57. The van der Waals surface area contributed by atoms with Crippen LogP contribution in [0.1, 0.15) is 6.42 Å². The van der Waals surface area contributed by atoms with Gasteiger partial charge in [0.2, 0.25) is 0 Å². The minimum atomic E-state index is -0.00475. The maximum atomic E-state index is 5.65. The van der Waals surface area contributed by atoms with E-state index in [0.717, 1.165) is 17.9 Å². The molecule has 1 saturated heterocycles. The first-order valence-electron chi connectivity index (χ1n) is 4.38. The monoisotopic (exact) mass is 182 g/mol. The maximum Gasteiger partial charge on any atom is 0.142 e. The Morgan fingerprint density at radius 3 is 3.31 bits per heavy atom. The molecular weight excluding hydrogens is 168 g/mol. The highest BCUT2D eigenvalue weighted by atomic mass is 16.5. The van der Waals surface area contributed by atoms with E-state index < -0.39 is 0 Å². The topological polar surface area (TPSA) is 56.5 Å². The largest absolute Gasteiger partial charge is 0.492 e. The molecule has 72 valence electrons. The number of nitrogens with two attached hydrogens (primary N) is 1. The van der Waals surface area contributed by atoms with E-state index in [-0.39, 0.29) is 12.3 Å². The lowest BCUT2D eigenvalue weighted by Crippen LogP contribution is -2.49. The van der Waals surface area contributed by atoms with Crippen molar-refractivity contribution in [1.29, 1.82) is 0 Å². The van der Waals surface area contributed by atoms with Gasteiger partial charge in [-0.25, -0.2) is 0 Å².